The van der Waals surface area contributed by atoms with E-state index in [4.69, 9.17) is 4.74 Å². The Kier molecular flexibility index (Phi) is 8.22. The second-order valence-electron chi connectivity index (χ2n) is 19.2. The highest BCUT2D eigenvalue weighted by Crippen LogP contribution is 2.74. The summed E-state index contributed by atoms with van der Waals surface area (Å²) >= 11 is 4.26. The first-order valence-corrected chi connectivity index (χ1v) is 19.9. The van der Waals surface area contributed by atoms with Crippen molar-refractivity contribution in [1.82, 2.24) is 0 Å². The average molecular weight is 791 g/mol. The average Bonchev–Trinajstić information content (AvgIpc) is 3.45. The zero-order valence-corrected chi connectivity index (χ0v) is 32.7. The molecule has 0 amide bonds. The van der Waals surface area contributed by atoms with Crippen LogP contribution in [-0.4, -0.2) is 85.1 Å². The van der Waals surface area contributed by atoms with Crippen LogP contribution in [0, 0.1) is 57.2 Å². The Morgan fingerprint density at radius 3 is 1.60 bits per heavy atom. The molecule has 6 saturated carbocycles. The lowest BCUT2D eigenvalue weighted by Crippen LogP contribution is -2.72. The van der Waals surface area contributed by atoms with Gasteiger partial charge in [0.15, 0.2) is 34.1 Å². The molecule has 4 unspecified atom stereocenters. The molecule has 0 aromatic heterocycles. The van der Waals surface area contributed by atoms with Gasteiger partial charge in [-0.25, -0.2) is 22.4 Å². The maximum Gasteiger partial charge on any atom is 0.340 e. The van der Waals surface area contributed by atoms with E-state index in [1.807, 2.05) is 0 Å². The number of carbonyl (C=O) groups excluding carboxylic acids is 4. The van der Waals surface area contributed by atoms with Crippen LogP contribution in [0.5, 0.6) is 0 Å². The molecule has 8 nitrogen and oxygen atoms in total. The van der Waals surface area contributed by atoms with Gasteiger partial charge in [0.1, 0.15) is 12.3 Å². The molecule has 0 aromatic rings. The van der Waals surface area contributed by atoms with Crippen LogP contribution in [-0.2, 0) is 23.9 Å². The first-order valence-electron chi connectivity index (χ1n) is 19.5. The van der Waals surface area contributed by atoms with E-state index in [2.05, 4.69) is 12.6 Å². The fourth-order valence-electron chi connectivity index (χ4n) is 14.4. The highest BCUT2D eigenvalue weighted by atomic mass is 32.1. The van der Waals surface area contributed by atoms with Gasteiger partial charge in [-0.2, -0.15) is 0 Å². The van der Waals surface area contributed by atoms with Gasteiger partial charge in [-0.1, -0.05) is 39.8 Å². The van der Waals surface area contributed by atoms with Crippen molar-refractivity contribution >= 4 is 35.3 Å². The number of halogens is 4. The van der Waals surface area contributed by atoms with Gasteiger partial charge in [0.25, 0.3) is 0 Å². The van der Waals surface area contributed by atoms with E-state index in [0.717, 1.165) is 24.3 Å². The summed E-state index contributed by atoms with van der Waals surface area (Å²) in [5.74, 6) is -8.05. The molecule has 300 valence electrons. The molecule has 0 radical (unpaired) electrons. The number of allylic oxidation sites excluding steroid dienone is 8. The third kappa shape index (κ3) is 4.22. The van der Waals surface area contributed by atoms with Crippen LogP contribution in [0.15, 0.2) is 47.6 Å². The Morgan fingerprint density at radius 2 is 1.15 bits per heavy atom. The van der Waals surface area contributed by atoms with Crippen LogP contribution in [0.4, 0.5) is 17.6 Å². The predicted octanol–water partition coefficient (Wildman–Crippen LogP) is 5.59. The molecule has 13 heteroatoms. The monoisotopic (exact) mass is 790 g/mol. The molecule has 0 aliphatic heterocycles. The Labute approximate surface area is 323 Å². The topological polar surface area (TPSA) is 138 Å². The van der Waals surface area contributed by atoms with Crippen molar-refractivity contribution in [1.29, 1.82) is 0 Å². The van der Waals surface area contributed by atoms with Crippen LogP contribution in [0.25, 0.3) is 0 Å². The number of fused-ring (bicyclic) bond motifs is 10. The molecule has 8 aliphatic carbocycles. The van der Waals surface area contributed by atoms with Crippen LogP contribution in [0.3, 0.4) is 0 Å². The summed E-state index contributed by atoms with van der Waals surface area (Å²) in [4.78, 5) is 53.5. The minimum atomic E-state index is -2.46. The van der Waals surface area contributed by atoms with Crippen molar-refractivity contribution in [3.8, 4) is 0 Å². The van der Waals surface area contributed by atoms with Crippen LogP contribution in [0.1, 0.15) is 80.1 Å². The van der Waals surface area contributed by atoms with Crippen molar-refractivity contribution in [2.45, 2.75) is 127 Å². The molecule has 0 bridgehead atoms. The first-order chi connectivity index (χ1) is 25.4. The van der Waals surface area contributed by atoms with Crippen molar-refractivity contribution in [2.24, 2.45) is 57.2 Å². The molecule has 0 heterocycles. The molecule has 18 atom stereocenters. The van der Waals surface area contributed by atoms with Gasteiger partial charge < -0.3 is 20.1 Å². The van der Waals surface area contributed by atoms with E-state index < -0.39 is 153 Å². The fraction of sp³-hybridized carbons (Fsp3) is 0.714. The summed E-state index contributed by atoms with van der Waals surface area (Å²) in [7, 11) is 0. The number of thiol groups is 1. The maximum atomic E-state index is 17.9. The minimum absolute atomic E-state index is 0.0421. The van der Waals surface area contributed by atoms with Gasteiger partial charge in [-0.05, 0) is 106 Å². The van der Waals surface area contributed by atoms with E-state index in [1.165, 1.54) is 26.0 Å². The number of aliphatic hydroxyl groups is 3. The molecule has 55 heavy (non-hydrogen) atoms. The Hall–Kier alpha value is -2.61. The lowest BCUT2D eigenvalue weighted by atomic mass is 9.44. The summed E-state index contributed by atoms with van der Waals surface area (Å²) in [6.07, 6.45) is -1.51. The van der Waals surface area contributed by atoms with Crippen molar-refractivity contribution in [3.05, 3.63) is 47.6 Å². The summed E-state index contributed by atoms with van der Waals surface area (Å²) in [5, 5.41) is 35.6. The number of aliphatic hydroxyl groups excluding tert-OH is 2. The van der Waals surface area contributed by atoms with E-state index in [-0.39, 0.29) is 24.0 Å². The fourth-order valence-corrected chi connectivity index (χ4v) is 15.0. The number of rotatable bonds is 3. The van der Waals surface area contributed by atoms with Gasteiger partial charge in [0.2, 0.25) is 5.12 Å². The number of esters is 1. The molecule has 0 saturated heterocycles. The number of alkyl halides is 4. The van der Waals surface area contributed by atoms with Crippen LogP contribution in [0.2, 0.25) is 0 Å². The largest absolute Gasteiger partial charge is 0.447 e. The van der Waals surface area contributed by atoms with Crippen LogP contribution < -0.4 is 0 Å². The molecule has 6 fully saturated rings. The normalized spacial score (nSPS) is 56.3. The first kappa shape index (κ1) is 39.2. The number of hydrogen-bond acceptors (Lipinski definition) is 8. The third-order valence-corrected chi connectivity index (χ3v) is 17.6. The standard InChI is InChI=1S/C42H50F4O8S/c1-19-11-23-25-15-29(43)27-13-21(47)7-9-35(27,3)39(25,45)31(49)17-37(23,5)41(19,53)33(51)54-42(34(52)55)20(2)12-24-26-16-30(44)28-14-22(48)8-10-36(28,4)40(26,46)32(50)18-38(24,42)6/h7-10,13-14,19-20,23-26,29-32,49-50,53H,11-12,15-18H2,1-6H3,(H,52,55)/t19-,20-,23?,24?,25?,26?,29+,30+,31+,32+,35+,36+,37+,38+,39+,40+,41+,42+/m1/s1. The number of ether oxygens (including phenoxy) is 1. The van der Waals surface area contributed by atoms with Crippen molar-refractivity contribution in [3.63, 3.8) is 0 Å². The number of hydrogen-bond donors (Lipinski definition) is 4. The maximum absolute atomic E-state index is 17.9. The molecule has 3 N–H and O–H groups in total. The Balaban J connectivity index is 1.17. The van der Waals surface area contributed by atoms with Gasteiger partial charge in [-0.3, -0.25) is 14.4 Å². The quantitative estimate of drug-likeness (QED) is 0.165. The summed E-state index contributed by atoms with van der Waals surface area (Å²) in [6.45, 7) is 9.26. The summed E-state index contributed by atoms with van der Waals surface area (Å²) in [5.41, 5.74) is -16.1. The highest BCUT2D eigenvalue weighted by molar-refractivity contribution is 7.96. The second-order valence-corrected chi connectivity index (χ2v) is 19.6. The highest BCUT2D eigenvalue weighted by Gasteiger charge is 2.81. The Morgan fingerprint density at radius 1 is 0.727 bits per heavy atom. The minimum Gasteiger partial charge on any atom is -0.447 e. The number of ketones is 2. The predicted molar refractivity (Wildman–Crippen MR) is 194 cm³/mol. The molecule has 8 aliphatic rings. The molecule has 8 rings (SSSR count). The van der Waals surface area contributed by atoms with Gasteiger partial charge in [0.05, 0.1) is 12.2 Å². The smallest absolute Gasteiger partial charge is 0.340 e. The van der Waals surface area contributed by atoms with E-state index in [9.17, 15) is 34.5 Å². The molecular weight excluding hydrogens is 741 g/mol. The summed E-state index contributed by atoms with van der Waals surface area (Å²) in [6, 6.07) is 0. The lowest BCUT2D eigenvalue weighted by molar-refractivity contribution is -0.250. The zero-order chi connectivity index (χ0) is 40.4. The Bertz CT molecular complexity index is 1930. The van der Waals surface area contributed by atoms with Gasteiger partial charge in [0, 0.05) is 39.4 Å². The van der Waals surface area contributed by atoms with Crippen LogP contribution >= 0.6 is 12.6 Å². The molecule has 0 spiro atoms. The molecular formula is C42H50F4O8S. The van der Waals surface area contributed by atoms with Gasteiger partial charge in [-0.15, -0.1) is 12.6 Å². The third-order valence-electron chi connectivity index (χ3n) is 17.3. The van der Waals surface area contributed by atoms with E-state index in [0.29, 0.717) is 0 Å². The summed E-state index contributed by atoms with van der Waals surface area (Å²) < 4.78 is 74.2. The second kappa shape index (κ2) is 11.5. The number of carbonyl (C=O) groups is 4. The zero-order valence-electron chi connectivity index (χ0n) is 31.8. The van der Waals surface area contributed by atoms with Gasteiger partial charge >= 0.3 is 5.97 Å². The van der Waals surface area contributed by atoms with Crippen molar-refractivity contribution < 1.29 is 56.8 Å². The SMILES string of the molecule is C[C@@H]1CC2C3C[C@H](F)C4=CC(=O)C=C[C@]4(C)[C@@]3(F)[C@@H](O)C[C@]2(C)[C@@]1(O)C(=O)O[C@]1(C(=O)S)[C@H](C)CC2C3C[C@H](F)C4=CC(=O)C=C[C@]4(C)[C@@]3(F)[C@@H](O)C[C@@]21C. The molecule has 0 aromatic carbocycles. The lowest BCUT2D eigenvalue weighted by Gasteiger charge is -2.63. The van der Waals surface area contributed by atoms with E-state index >= 15 is 17.6 Å². The van der Waals surface area contributed by atoms with E-state index in [1.54, 1.807) is 27.7 Å². The van der Waals surface area contributed by atoms with Crippen molar-refractivity contribution in [2.75, 3.05) is 0 Å².